The molecule has 0 aliphatic heterocycles. The zero-order chi connectivity index (χ0) is 12.2. The van der Waals surface area contributed by atoms with Crippen LogP contribution in [0.3, 0.4) is 0 Å². The molecule has 0 saturated carbocycles. The normalized spacial score (nSPS) is 16.3. The number of esters is 1. The van der Waals surface area contributed by atoms with E-state index >= 15 is 0 Å². The summed E-state index contributed by atoms with van der Waals surface area (Å²) in [4.78, 5) is 11.4. The van der Waals surface area contributed by atoms with Crippen LogP contribution in [-0.2, 0) is 9.53 Å². The van der Waals surface area contributed by atoms with Crippen LogP contribution in [0.2, 0.25) is 0 Å². The minimum atomic E-state index is -1.23. The summed E-state index contributed by atoms with van der Waals surface area (Å²) in [6.45, 7) is 9.24. The quantitative estimate of drug-likeness (QED) is 0.691. The second-order valence-electron chi connectivity index (χ2n) is 5.27. The zero-order valence-corrected chi connectivity index (χ0v) is 10.3. The number of carbonyl (C=O) groups is 1. The lowest BCUT2D eigenvalue weighted by atomic mass is 10.00. The van der Waals surface area contributed by atoms with Crippen LogP contribution in [-0.4, -0.2) is 28.8 Å². The van der Waals surface area contributed by atoms with Gasteiger partial charge in [0.25, 0.3) is 0 Å². The number of aliphatic hydroxyl groups is 1. The first-order valence-electron chi connectivity index (χ1n) is 5.30. The van der Waals surface area contributed by atoms with E-state index < -0.39 is 23.7 Å². The molecule has 0 radical (unpaired) electrons. The van der Waals surface area contributed by atoms with Crippen LogP contribution in [0.15, 0.2) is 0 Å². The number of hydrogen-bond acceptors (Lipinski definition) is 4. The summed E-state index contributed by atoms with van der Waals surface area (Å²) < 4.78 is 5.03. The molecule has 0 aromatic rings. The Balaban J connectivity index is 4.20. The highest BCUT2D eigenvalue weighted by molar-refractivity contribution is 5.75. The Kier molecular flexibility index (Phi) is 5.24. The van der Waals surface area contributed by atoms with Crippen molar-refractivity contribution in [2.75, 3.05) is 0 Å². The van der Waals surface area contributed by atoms with Crippen molar-refractivity contribution in [3.8, 4) is 0 Å². The molecule has 0 heterocycles. The van der Waals surface area contributed by atoms with Gasteiger partial charge >= 0.3 is 5.97 Å². The van der Waals surface area contributed by atoms with E-state index in [1.54, 1.807) is 20.8 Å². The molecule has 0 aromatic heterocycles. The third-order valence-corrected chi connectivity index (χ3v) is 1.80. The molecule has 4 heteroatoms. The van der Waals surface area contributed by atoms with Gasteiger partial charge in [-0.3, -0.25) is 0 Å². The maximum Gasteiger partial charge on any atom is 0.337 e. The molecular weight excluding hydrogens is 194 g/mol. The Hall–Kier alpha value is -0.610. The predicted molar refractivity (Wildman–Crippen MR) is 59.3 cm³/mol. The average molecular weight is 217 g/mol. The van der Waals surface area contributed by atoms with Crippen molar-refractivity contribution in [2.45, 2.75) is 58.8 Å². The van der Waals surface area contributed by atoms with E-state index in [9.17, 15) is 9.90 Å². The number of aliphatic hydroxyl groups excluding tert-OH is 1. The van der Waals surface area contributed by atoms with Gasteiger partial charge in [-0.15, -0.1) is 0 Å². The molecule has 4 nitrogen and oxygen atoms in total. The van der Waals surface area contributed by atoms with Crippen LogP contribution in [0.5, 0.6) is 0 Å². The highest BCUT2D eigenvalue weighted by Gasteiger charge is 2.28. The number of carbonyl (C=O) groups excluding carboxylic acids is 1. The summed E-state index contributed by atoms with van der Waals surface area (Å²) >= 11 is 0. The third-order valence-electron chi connectivity index (χ3n) is 1.80. The Morgan fingerprint density at radius 3 is 2.20 bits per heavy atom. The summed E-state index contributed by atoms with van der Waals surface area (Å²) in [5.74, 6) is -0.298. The SMILES string of the molecule is CC(C)CC(N)C(O)C(=O)OC(C)(C)C. The van der Waals surface area contributed by atoms with Crippen molar-refractivity contribution in [1.29, 1.82) is 0 Å². The van der Waals surface area contributed by atoms with Gasteiger partial charge < -0.3 is 15.6 Å². The van der Waals surface area contributed by atoms with Gasteiger partial charge in [-0.2, -0.15) is 0 Å². The fraction of sp³-hybridized carbons (Fsp3) is 0.909. The Morgan fingerprint density at radius 2 is 1.87 bits per heavy atom. The molecule has 0 fully saturated rings. The van der Waals surface area contributed by atoms with Crippen molar-refractivity contribution in [1.82, 2.24) is 0 Å². The summed E-state index contributed by atoms with van der Waals surface area (Å²) in [6, 6.07) is -0.556. The van der Waals surface area contributed by atoms with E-state index in [0.29, 0.717) is 12.3 Å². The molecule has 2 atom stereocenters. The van der Waals surface area contributed by atoms with Gasteiger partial charge in [-0.05, 0) is 33.1 Å². The van der Waals surface area contributed by atoms with Gasteiger partial charge in [0, 0.05) is 6.04 Å². The number of rotatable bonds is 4. The number of nitrogens with two attached hydrogens (primary N) is 1. The summed E-state index contributed by atoms with van der Waals surface area (Å²) in [6.07, 6.45) is -0.632. The topological polar surface area (TPSA) is 72.5 Å². The molecule has 0 spiro atoms. The fourth-order valence-electron chi connectivity index (χ4n) is 1.21. The van der Waals surface area contributed by atoms with Crippen LogP contribution in [0, 0.1) is 5.92 Å². The molecule has 0 aromatic carbocycles. The van der Waals surface area contributed by atoms with Crippen LogP contribution in [0.25, 0.3) is 0 Å². The molecule has 2 unspecified atom stereocenters. The minimum Gasteiger partial charge on any atom is -0.458 e. The van der Waals surface area contributed by atoms with Crippen LogP contribution in [0.4, 0.5) is 0 Å². The second-order valence-corrected chi connectivity index (χ2v) is 5.27. The summed E-state index contributed by atoms with van der Waals surface area (Å²) in [5.41, 5.74) is 5.10. The maximum atomic E-state index is 11.4. The van der Waals surface area contributed by atoms with Gasteiger partial charge in [-0.25, -0.2) is 4.79 Å². The highest BCUT2D eigenvalue weighted by atomic mass is 16.6. The van der Waals surface area contributed by atoms with Gasteiger partial charge in [0.2, 0.25) is 0 Å². The lowest BCUT2D eigenvalue weighted by molar-refractivity contribution is -0.166. The first-order valence-corrected chi connectivity index (χ1v) is 5.30. The van der Waals surface area contributed by atoms with Crippen LogP contribution >= 0.6 is 0 Å². The predicted octanol–water partition coefficient (Wildman–Crippen LogP) is 1.06. The maximum absolute atomic E-state index is 11.4. The van der Waals surface area contributed by atoms with E-state index in [0.717, 1.165) is 0 Å². The lowest BCUT2D eigenvalue weighted by Crippen LogP contribution is -2.44. The monoisotopic (exact) mass is 217 g/mol. The lowest BCUT2D eigenvalue weighted by Gasteiger charge is -2.24. The first-order chi connectivity index (χ1) is 6.63. The molecule has 0 amide bonds. The number of ether oxygens (including phenoxy) is 1. The van der Waals surface area contributed by atoms with E-state index in [1.165, 1.54) is 0 Å². The molecular formula is C11H23NO3. The fourth-order valence-corrected chi connectivity index (χ4v) is 1.21. The van der Waals surface area contributed by atoms with E-state index in [4.69, 9.17) is 10.5 Å². The van der Waals surface area contributed by atoms with Crippen molar-refractivity contribution >= 4 is 5.97 Å². The standard InChI is InChI=1S/C11H23NO3/c1-7(2)6-8(12)9(13)10(14)15-11(3,4)5/h7-9,13H,6,12H2,1-5H3. The van der Waals surface area contributed by atoms with Crippen LogP contribution in [0.1, 0.15) is 41.0 Å². The first kappa shape index (κ1) is 14.4. The smallest absolute Gasteiger partial charge is 0.337 e. The molecule has 15 heavy (non-hydrogen) atoms. The van der Waals surface area contributed by atoms with E-state index in [1.807, 2.05) is 13.8 Å². The molecule has 3 N–H and O–H groups in total. The van der Waals surface area contributed by atoms with Gasteiger partial charge in [0.15, 0.2) is 6.10 Å². The Morgan fingerprint density at radius 1 is 1.40 bits per heavy atom. The molecule has 0 aliphatic carbocycles. The molecule has 0 bridgehead atoms. The zero-order valence-electron chi connectivity index (χ0n) is 10.3. The largest absolute Gasteiger partial charge is 0.458 e. The highest BCUT2D eigenvalue weighted by Crippen LogP contribution is 2.12. The number of hydrogen-bond donors (Lipinski definition) is 2. The van der Waals surface area contributed by atoms with Crippen molar-refractivity contribution in [3.63, 3.8) is 0 Å². The van der Waals surface area contributed by atoms with Crippen molar-refractivity contribution in [3.05, 3.63) is 0 Å². The summed E-state index contributed by atoms with van der Waals surface area (Å²) in [5, 5.41) is 9.60. The second kappa shape index (κ2) is 5.47. The van der Waals surface area contributed by atoms with Crippen molar-refractivity contribution < 1.29 is 14.6 Å². The van der Waals surface area contributed by atoms with E-state index in [-0.39, 0.29) is 0 Å². The average Bonchev–Trinajstić information content (AvgIpc) is 1.98. The van der Waals surface area contributed by atoms with Crippen LogP contribution < -0.4 is 5.73 Å². The van der Waals surface area contributed by atoms with Gasteiger partial charge in [-0.1, -0.05) is 13.8 Å². The molecule has 0 aliphatic rings. The molecule has 0 saturated heterocycles. The third kappa shape index (κ3) is 6.47. The van der Waals surface area contributed by atoms with Crippen molar-refractivity contribution in [2.24, 2.45) is 11.7 Å². The molecule has 90 valence electrons. The molecule has 0 rings (SSSR count). The Labute approximate surface area is 91.8 Å². The van der Waals surface area contributed by atoms with Gasteiger partial charge in [0.1, 0.15) is 5.60 Å². The van der Waals surface area contributed by atoms with E-state index in [2.05, 4.69) is 0 Å². The Bertz CT molecular complexity index is 208. The summed E-state index contributed by atoms with van der Waals surface area (Å²) in [7, 11) is 0. The van der Waals surface area contributed by atoms with Gasteiger partial charge in [0.05, 0.1) is 0 Å². The minimum absolute atomic E-state index is 0.345.